The smallest absolute Gasteiger partial charge is 0.311 e. The van der Waals surface area contributed by atoms with Crippen molar-refractivity contribution < 1.29 is 14.3 Å². The second-order valence-corrected chi connectivity index (χ2v) is 12.0. The Labute approximate surface area is 227 Å². The number of benzene rings is 1. The highest BCUT2D eigenvalue weighted by Crippen LogP contribution is 2.52. The van der Waals surface area contributed by atoms with Gasteiger partial charge in [0.1, 0.15) is 17.1 Å². The largest absolute Gasteiger partial charge is 0.483 e. The zero-order chi connectivity index (χ0) is 27.0. The van der Waals surface area contributed by atoms with Gasteiger partial charge in [0.15, 0.2) is 0 Å². The molecule has 2 atom stereocenters. The van der Waals surface area contributed by atoms with Gasteiger partial charge in [-0.2, -0.15) is 0 Å². The molecule has 0 unspecified atom stereocenters. The summed E-state index contributed by atoms with van der Waals surface area (Å²) in [7, 11) is 0. The van der Waals surface area contributed by atoms with Gasteiger partial charge in [0.05, 0.1) is 5.56 Å². The van der Waals surface area contributed by atoms with Crippen LogP contribution in [-0.2, 0) is 4.79 Å². The molecule has 0 fully saturated rings. The van der Waals surface area contributed by atoms with E-state index in [1.165, 1.54) is 55.2 Å². The molecule has 208 valence electrons. The first-order valence-electron chi connectivity index (χ1n) is 15.2. The summed E-state index contributed by atoms with van der Waals surface area (Å²) in [6, 6.07) is 4.40. The maximum atomic E-state index is 13.1. The fourth-order valence-corrected chi connectivity index (χ4v) is 6.10. The number of nitrogens with zero attached hydrogens (tertiary/aromatic N) is 1. The molecule has 1 aliphatic carbocycles. The molecule has 0 saturated heterocycles. The van der Waals surface area contributed by atoms with Gasteiger partial charge in [-0.1, -0.05) is 66.7 Å². The van der Waals surface area contributed by atoms with Crippen LogP contribution in [0.2, 0.25) is 0 Å². The quantitative estimate of drug-likeness (QED) is 0.142. The maximum absolute atomic E-state index is 13.1. The second kappa shape index (κ2) is 13.8. The third-order valence-corrected chi connectivity index (χ3v) is 8.57. The van der Waals surface area contributed by atoms with Crippen LogP contribution in [0.25, 0.3) is 5.57 Å². The fraction of sp³-hybridized carbons (Fsp3) is 0.727. The molecule has 37 heavy (non-hydrogen) atoms. The molecular weight excluding hydrogens is 458 g/mol. The molecule has 4 nitrogen and oxygen atoms in total. The first-order valence-corrected chi connectivity index (χ1v) is 15.2. The molecule has 0 spiro atoms. The van der Waals surface area contributed by atoms with Gasteiger partial charge in [0.2, 0.25) is 0 Å². The maximum Gasteiger partial charge on any atom is 0.311 e. The highest BCUT2D eigenvalue weighted by Gasteiger charge is 2.39. The molecule has 4 heteroatoms. The number of carbonyl (C=O) groups is 1. The van der Waals surface area contributed by atoms with Crippen molar-refractivity contribution in [1.29, 1.82) is 0 Å². The van der Waals surface area contributed by atoms with E-state index in [-0.39, 0.29) is 11.6 Å². The Bertz CT molecular complexity index is 928. The van der Waals surface area contributed by atoms with Gasteiger partial charge in [-0.3, -0.25) is 4.79 Å². The molecule has 1 heterocycles. The van der Waals surface area contributed by atoms with E-state index >= 15 is 0 Å². The minimum atomic E-state index is -0.324. The van der Waals surface area contributed by atoms with Crippen molar-refractivity contribution in [3.63, 3.8) is 0 Å². The number of hydrogen-bond acceptors (Lipinski definition) is 4. The molecule has 0 aromatic heterocycles. The van der Waals surface area contributed by atoms with E-state index in [0.29, 0.717) is 18.3 Å². The lowest BCUT2D eigenvalue weighted by atomic mass is 9.74. The Morgan fingerprint density at radius 2 is 1.84 bits per heavy atom. The number of fused-ring (bicyclic) bond motifs is 2. The van der Waals surface area contributed by atoms with Crippen molar-refractivity contribution in [2.24, 2.45) is 5.92 Å². The van der Waals surface area contributed by atoms with Gasteiger partial charge in [0.25, 0.3) is 0 Å². The molecule has 1 aromatic rings. The van der Waals surface area contributed by atoms with Gasteiger partial charge in [-0.05, 0) is 106 Å². The summed E-state index contributed by atoms with van der Waals surface area (Å²) in [5, 5.41) is 0. The average Bonchev–Trinajstić information content (AvgIpc) is 2.85. The molecule has 0 saturated carbocycles. The van der Waals surface area contributed by atoms with E-state index in [4.69, 9.17) is 9.47 Å². The molecular formula is C33H53NO3. The van der Waals surface area contributed by atoms with Crippen LogP contribution in [0.4, 0.5) is 0 Å². The Morgan fingerprint density at radius 1 is 1.11 bits per heavy atom. The summed E-state index contributed by atoms with van der Waals surface area (Å²) in [6.07, 6.45) is 12.1. The van der Waals surface area contributed by atoms with Crippen LogP contribution in [0.3, 0.4) is 0 Å². The van der Waals surface area contributed by atoms with Gasteiger partial charge in [0, 0.05) is 6.42 Å². The standard InChI is InChI=1S/C33H53NO3/c1-8-11-12-13-14-16-25(5)26-22-29(36-31(35)17-15-20-34(9-2)10-3)32-27-21-24(4)18-19-28(27)33(6,7)37-30(32)23-26/h22-25H,8-21H2,1-7H3/t24-,25+/m0/s1. The molecule has 3 rings (SSSR count). The highest BCUT2D eigenvalue weighted by atomic mass is 16.5. The second-order valence-electron chi connectivity index (χ2n) is 12.0. The van der Waals surface area contributed by atoms with Crippen LogP contribution in [0, 0.1) is 5.92 Å². The zero-order valence-corrected chi connectivity index (χ0v) is 24.9. The van der Waals surface area contributed by atoms with Crippen molar-refractivity contribution >= 4 is 11.5 Å². The number of hydrogen-bond donors (Lipinski definition) is 0. The summed E-state index contributed by atoms with van der Waals surface area (Å²) in [5.74, 6) is 2.52. The van der Waals surface area contributed by atoms with Crippen molar-refractivity contribution in [1.82, 2.24) is 4.90 Å². The van der Waals surface area contributed by atoms with Crippen molar-refractivity contribution in [2.75, 3.05) is 19.6 Å². The lowest BCUT2D eigenvalue weighted by molar-refractivity contribution is -0.134. The van der Waals surface area contributed by atoms with Crippen LogP contribution < -0.4 is 9.47 Å². The highest BCUT2D eigenvalue weighted by molar-refractivity contribution is 5.84. The summed E-state index contributed by atoms with van der Waals surface area (Å²) < 4.78 is 12.9. The van der Waals surface area contributed by atoms with Crippen LogP contribution in [0.1, 0.15) is 136 Å². The summed E-state index contributed by atoms with van der Waals surface area (Å²) in [5.41, 5.74) is 4.68. The molecule has 0 amide bonds. The van der Waals surface area contributed by atoms with Crippen LogP contribution in [0.5, 0.6) is 11.5 Å². The lowest BCUT2D eigenvalue weighted by Crippen LogP contribution is -2.37. The van der Waals surface area contributed by atoms with E-state index < -0.39 is 0 Å². The molecule has 2 aliphatic rings. The van der Waals surface area contributed by atoms with Crippen LogP contribution in [-0.4, -0.2) is 36.1 Å². The lowest BCUT2D eigenvalue weighted by Gasteiger charge is -2.41. The number of unbranched alkanes of at least 4 members (excludes halogenated alkanes) is 4. The Hall–Kier alpha value is -1.81. The number of ether oxygens (including phenoxy) is 2. The van der Waals surface area contributed by atoms with Gasteiger partial charge in [-0.15, -0.1) is 0 Å². The molecule has 0 N–H and O–H groups in total. The third-order valence-electron chi connectivity index (χ3n) is 8.57. The summed E-state index contributed by atoms with van der Waals surface area (Å²) >= 11 is 0. The Kier molecular flexibility index (Phi) is 11.1. The molecule has 1 aliphatic heterocycles. The minimum Gasteiger partial charge on any atom is -0.483 e. The predicted molar refractivity (Wildman–Crippen MR) is 156 cm³/mol. The van der Waals surface area contributed by atoms with Crippen LogP contribution >= 0.6 is 0 Å². The molecule has 1 aromatic carbocycles. The monoisotopic (exact) mass is 511 g/mol. The van der Waals surface area contributed by atoms with E-state index in [1.54, 1.807) is 0 Å². The Morgan fingerprint density at radius 3 is 2.54 bits per heavy atom. The third kappa shape index (κ3) is 7.85. The number of rotatable bonds is 14. The zero-order valence-electron chi connectivity index (χ0n) is 24.9. The van der Waals surface area contributed by atoms with Gasteiger partial charge in [-0.25, -0.2) is 0 Å². The average molecular weight is 512 g/mol. The van der Waals surface area contributed by atoms with E-state index in [9.17, 15) is 4.79 Å². The predicted octanol–water partition coefficient (Wildman–Crippen LogP) is 8.92. The minimum absolute atomic E-state index is 0.130. The first-order chi connectivity index (χ1) is 17.7. The number of esters is 1. The number of carbonyl (C=O) groups excluding carboxylic acids is 1. The van der Waals surface area contributed by atoms with Crippen molar-refractivity contribution in [2.45, 2.75) is 131 Å². The summed E-state index contributed by atoms with van der Waals surface area (Å²) in [4.78, 5) is 15.4. The number of allylic oxidation sites excluding steroid dienone is 1. The van der Waals surface area contributed by atoms with Crippen LogP contribution in [0.15, 0.2) is 17.7 Å². The molecule has 0 radical (unpaired) electrons. The fourth-order valence-electron chi connectivity index (χ4n) is 6.10. The van der Waals surface area contributed by atoms with E-state index in [2.05, 4.69) is 65.5 Å². The van der Waals surface area contributed by atoms with E-state index in [0.717, 1.165) is 62.4 Å². The summed E-state index contributed by atoms with van der Waals surface area (Å²) in [6.45, 7) is 18.6. The van der Waals surface area contributed by atoms with Crippen molar-refractivity contribution in [3.8, 4) is 11.5 Å². The normalized spacial score (nSPS) is 19.3. The Balaban J connectivity index is 1.88. The topological polar surface area (TPSA) is 38.8 Å². The van der Waals surface area contributed by atoms with E-state index in [1.807, 2.05) is 0 Å². The molecule has 0 bridgehead atoms. The van der Waals surface area contributed by atoms with Gasteiger partial charge >= 0.3 is 5.97 Å². The first kappa shape index (κ1) is 29.7. The van der Waals surface area contributed by atoms with Crippen molar-refractivity contribution in [3.05, 3.63) is 28.8 Å². The SMILES string of the molecule is CCCCCCC[C@@H](C)c1cc(OC(=O)CCCN(CC)CC)c2c(c1)OC(C)(C)C1=C2C[C@@H](C)CC1. The van der Waals surface area contributed by atoms with Gasteiger partial charge < -0.3 is 14.4 Å².